The molecule has 0 N–H and O–H groups in total. The maximum absolute atomic E-state index is 14.1. The van der Waals surface area contributed by atoms with Crippen LogP contribution in [0.5, 0.6) is 0 Å². The van der Waals surface area contributed by atoms with Crippen LogP contribution in [0.2, 0.25) is 0 Å². The molecule has 6 heteroatoms. The summed E-state index contributed by atoms with van der Waals surface area (Å²) in [4.78, 5) is 22.7. The molecule has 0 aliphatic carbocycles. The minimum atomic E-state index is -0.925. The van der Waals surface area contributed by atoms with Crippen LogP contribution in [0, 0.1) is 18.6 Å². The highest BCUT2D eigenvalue weighted by Crippen LogP contribution is 2.34. The number of aryl methyl sites for hydroxylation is 1. The van der Waals surface area contributed by atoms with Gasteiger partial charge in [-0.25, -0.2) is 8.78 Å². The Bertz CT molecular complexity index is 1020. The Morgan fingerprint density at radius 1 is 1.15 bits per heavy atom. The molecule has 0 atom stereocenters. The highest BCUT2D eigenvalue weighted by atomic mass is 19.2. The number of benzene rings is 1. The first-order valence-electron chi connectivity index (χ1n) is 8.19. The first-order valence-corrected chi connectivity index (χ1v) is 8.19. The lowest BCUT2D eigenvalue weighted by molar-refractivity contribution is -0.117. The molecule has 2 aromatic heterocycles. The molecule has 0 saturated carbocycles. The molecule has 1 aliphatic rings. The first-order chi connectivity index (χ1) is 12.5. The monoisotopic (exact) mass is 351 g/mol. The van der Waals surface area contributed by atoms with E-state index in [1.165, 1.54) is 18.3 Å². The summed E-state index contributed by atoms with van der Waals surface area (Å²) in [5.41, 5.74) is 3.56. The molecule has 1 amide bonds. The largest absolute Gasteiger partial charge is 0.304 e. The predicted molar refractivity (Wildman–Crippen MR) is 93.5 cm³/mol. The lowest BCUT2D eigenvalue weighted by Gasteiger charge is -2.18. The van der Waals surface area contributed by atoms with Gasteiger partial charge in [-0.3, -0.25) is 14.8 Å². The standard InChI is InChI=1S/C20H15F2N3O/c1-12-4-3-7-23-17(12)11-25-18-8-13(10-24-16(18)9-19(25)26)14-5-2-6-15(21)20(14)22/h2-8,10H,9,11H2,1H3. The van der Waals surface area contributed by atoms with E-state index in [1.807, 2.05) is 19.1 Å². The van der Waals surface area contributed by atoms with Crippen LogP contribution in [-0.2, 0) is 17.8 Å². The Labute approximate surface area is 149 Å². The van der Waals surface area contributed by atoms with Crippen LogP contribution in [-0.4, -0.2) is 15.9 Å². The number of amides is 1. The zero-order valence-corrected chi connectivity index (χ0v) is 14.0. The number of rotatable bonds is 3. The molecule has 3 aromatic rings. The molecule has 0 radical (unpaired) electrons. The van der Waals surface area contributed by atoms with Crippen LogP contribution in [0.15, 0.2) is 48.8 Å². The lowest BCUT2D eigenvalue weighted by atomic mass is 10.1. The first kappa shape index (κ1) is 16.3. The van der Waals surface area contributed by atoms with E-state index in [2.05, 4.69) is 9.97 Å². The summed E-state index contributed by atoms with van der Waals surface area (Å²) < 4.78 is 27.7. The van der Waals surface area contributed by atoms with Crippen LogP contribution in [0.25, 0.3) is 11.1 Å². The number of hydrogen-bond acceptors (Lipinski definition) is 3. The zero-order chi connectivity index (χ0) is 18.3. The maximum atomic E-state index is 14.1. The van der Waals surface area contributed by atoms with Gasteiger partial charge in [-0.2, -0.15) is 0 Å². The van der Waals surface area contributed by atoms with Crippen molar-refractivity contribution in [3.63, 3.8) is 0 Å². The van der Waals surface area contributed by atoms with Crippen molar-refractivity contribution in [1.82, 2.24) is 9.97 Å². The van der Waals surface area contributed by atoms with E-state index in [1.54, 1.807) is 17.2 Å². The van der Waals surface area contributed by atoms with E-state index in [0.29, 0.717) is 23.5 Å². The lowest BCUT2D eigenvalue weighted by Crippen LogP contribution is -2.26. The van der Waals surface area contributed by atoms with E-state index >= 15 is 0 Å². The third kappa shape index (κ3) is 2.73. The van der Waals surface area contributed by atoms with Gasteiger partial charge >= 0.3 is 0 Å². The third-order valence-electron chi connectivity index (χ3n) is 4.55. The smallest absolute Gasteiger partial charge is 0.233 e. The van der Waals surface area contributed by atoms with Crippen molar-refractivity contribution in [1.29, 1.82) is 0 Å². The Kier molecular flexibility index (Phi) is 3.95. The van der Waals surface area contributed by atoms with Crippen molar-refractivity contribution < 1.29 is 13.6 Å². The second-order valence-corrected chi connectivity index (χ2v) is 6.21. The highest BCUT2D eigenvalue weighted by molar-refractivity contribution is 6.01. The molecule has 26 heavy (non-hydrogen) atoms. The van der Waals surface area contributed by atoms with Crippen LogP contribution >= 0.6 is 0 Å². The molecule has 4 nitrogen and oxygen atoms in total. The van der Waals surface area contributed by atoms with E-state index in [9.17, 15) is 13.6 Å². The van der Waals surface area contributed by atoms with Crippen molar-refractivity contribution in [3.8, 4) is 11.1 Å². The average molecular weight is 351 g/mol. The van der Waals surface area contributed by atoms with Gasteiger partial charge in [-0.05, 0) is 30.7 Å². The van der Waals surface area contributed by atoms with Crippen molar-refractivity contribution >= 4 is 11.6 Å². The molecule has 1 aromatic carbocycles. The summed E-state index contributed by atoms with van der Waals surface area (Å²) in [7, 11) is 0. The third-order valence-corrected chi connectivity index (χ3v) is 4.55. The van der Waals surface area contributed by atoms with Gasteiger partial charge < -0.3 is 4.90 Å². The number of hydrogen-bond donors (Lipinski definition) is 0. The average Bonchev–Trinajstić information content (AvgIpc) is 2.94. The van der Waals surface area contributed by atoms with Crippen molar-refractivity contribution in [3.05, 3.63) is 77.4 Å². The molecule has 0 unspecified atom stereocenters. The molecule has 0 bridgehead atoms. The number of aromatic nitrogens is 2. The summed E-state index contributed by atoms with van der Waals surface area (Å²) in [5, 5.41) is 0. The molecule has 3 heterocycles. The van der Waals surface area contributed by atoms with E-state index < -0.39 is 11.6 Å². The van der Waals surface area contributed by atoms with Crippen LogP contribution in [0.4, 0.5) is 14.5 Å². The van der Waals surface area contributed by atoms with E-state index in [4.69, 9.17) is 0 Å². The second kappa shape index (κ2) is 6.29. The molecule has 0 spiro atoms. The van der Waals surface area contributed by atoms with E-state index in [-0.39, 0.29) is 17.9 Å². The fraction of sp³-hybridized carbons (Fsp3) is 0.150. The van der Waals surface area contributed by atoms with E-state index in [0.717, 1.165) is 17.3 Å². The number of halogens is 2. The summed E-state index contributed by atoms with van der Waals surface area (Å²) in [6.45, 7) is 2.25. The molecule has 0 fully saturated rings. The summed E-state index contributed by atoms with van der Waals surface area (Å²) in [6.07, 6.45) is 3.34. The topological polar surface area (TPSA) is 46.1 Å². The van der Waals surface area contributed by atoms with Gasteiger partial charge in [0, 0.05) is 23.5 Å². The van der Waals surface area contributed by atoms with Gasteiger partial charge in [0.15, 0.2) is 11.6 Å². The van der Waals surface area contributed by atoms with Crippen molar-refractivity contribution in [2.45, 2.75) is 19.9 Å². The quantitative estimate of drug-likeness (QED) is 0.721. The molecule has 130 valence electrons. The van der Waals surface area contributed by atoms with Gasteiger partial charge in [-0.1, -0.05) is 18.2 Å². The normalized spacial score (nSPS) is 13.2. The van der Waals surface area contributed by atoms with Gasteiger partial charge in [0.05, 0.1) is 30.0 Å². The number of carbonyl (C=O) groups is 1. The maximum Gasteiger partial charge on any atom is 0.233 e. The van der Waals surface area contributed by atoms with Crippen LogP contribution in [0.3, 0.4) is 0 Å². The fourth-order valence-corrected chi connectivity index (χ4v) is 3.11. The SMILES string of the molecule is Cc1cccnc1CN1C(=O)Cc2ncc(-c3cccc(F)c3F)cc21. The van der Waals surface area contributed by atoms with Crippen molar-refractivity contribution in [2.75, 3.05) is 4.90 Å². The zero-order valence-electron chi connectivity index (χ0n) is 14.0. The Morgan fingerprint density at radius 2 is 2.00 bits per heavy atom. The van der Waals surface area contributed by atoms with Gasteiger partial charge in [0.1, 0.15) is 0 Å². The Hall–Kier alpha value is -3.15. The molecule has 0 saturated heterocycles. The summed E-state index contributed by atoms with van der Waals surface area (Å²) >= 11 is 0. The van der Waals surface area contributed by atoms with Crippen LogP contribution in [0.1, 0.15) is 17.0 Å². The van der Waals surface area contributed by atoms with Gasteiger partial charge in [0.2, 0.25) is 5.91 Å². The molecule has 1 aliphatic heterocycles. The number of nitrogens with zero attached hydrogens (tertiary/aromatic N) is 3. The molecular weight excluding hydrogens is 336 g/mol. The van der Waals surface area contributed by atoms with Gasteiger partial charge in [-0.15, -0.1) is 0 Å². The number of pyridine rings is 2. The Morgan fingerprint density at radius 3 is 2.81 bits per heavy atom. The predicted octanol–water partition coefficient (Wildman–Crippen LogP) is 3.82. The second-order valence-electron chi connectivity index (χ2n) is 6.21. The van der Waals surface area contributed by atoms with Crippen molar-refractivity contribution in [2.24, 2.45) is 0 Å². The van der Waals surface area contributed by atoms with Gasteiger partial charge in [0.25, 0.3) is 0 Å². The minimum absolute atomic E-state index is 0.0885. The summed E-state index contributed by atoms with van der Waals surface area (Å²) in [5.74, 6) is -1.93. The number of carbonyl (C=O) groups excluding carboxylic acids is 1. The molecule has 4 rings (SSSR count). The molecular formula is C20H15F2N3O. The number of anilines is 1. The summed E-state index contributed by atoms with van der Waals surface area (Å²) in [6, 6.07) is 9.46. The number of fused-ring (bicyclic) bond motifs is 1. The highest BCUT2D eigenvalue weighted by Gasteiger charge is 2.30. The minimum Gasteiger partial charge on any atom is -0.304 e. The fourth-order valence-electron chi connectivity index (χ4n) is 3.11. The van der Waals surface area contributed by atoms with Crippen LogP contribution < -0.4 is 4.90 Å². The Balaban J connectivity index is 1.75.